The van der Waals surface area contributed by atoms with Crippen molar-refractivity contribution in [1.82, 2.24) is 4.90 Å². The lowest BCUT2D eigenvalue weighted by Gasteiger charge is -2.33. The number of nitrogens with two attached hydrogens (primary N) is 1. The molecular weight excluding hydrogens is 312 g/mol. The van der Waals surface area contributed by atoms with Gasteiger partial charge in [0.1, 0.15) is 6.61 Å². The zero-order valence-corrected chi connectivity index (χ0v) is 13.6. The molecule has 2 atom stereocenters. The summed E-state index contributed by atoms with van der Waals surface area (Å²) in [7, 11) is 0. The highest BCUT2D eigenvalue weighted by Crippen LogP contribution is 2.32. The summed E-state index contributed by atoms with van der Waals surface area (Å²) < 4.78 is 5.22. The van der Waals surface area contributed by atoms with E-state index in [2.05, 4.69) is 0 Å². The number of carboxylic acids is 1. The van der Waals surface area contributed by atoms with E-state index in [0.717, 1.165) is 10.5 Å². The van der Waals surface area contributed by atoms with Gasteiger partial charge in [-0.3, -0.25) is 4.79 Å². The van der Waals surface area contributed by atoms with Gasteiger partial charge in [0.2, 0.25) is 11.4 Å². The molecule has 3 N–H and O–H groups in total. The van der Waals surface area contributed by atoms with Gasteiger partial charge in [0.05, 0.1) is 6.04 Å². The van der Waals surface area contributed by atoms with E-state index in [-0.39, 0.29) is 19.6 Å². The number of esters is 1. The third-order valence-corrected chi connectivity index (χ3v) is 4.31. The zero-order valence-electron chi connectivity index (χ0n) is 13.6. The van der Waals surface area contributed by atoms with Crippen molar-refractivity contribution in [1.29, 1.82) is 0 Å². The smallest absolute Gasteiger partial charge is 0.344 e. The van der Waals surface area contributed by atoms with Crippen LogP contribution in [-0.2, 0) is 25.7 Å². The molecule has 1 aromatic carbocycles. The number of nitrogens with zero attached hydrogens (tertiary/aromatic N) is 1. The fourth-order valence-corrected chi connectivity index (χ4v) is 2.86. The van der Waals surface area contributed by atoms with Crippen LogP contribution in [0.2, 0.25) is 0 Å². The predicted octanol–water partition coefficient (Wildman–Crippen LogP) is 0.913. The van der Waals surface area contributed by atoms with Crippen molar-refractivity contribution in [2.45, 2.75) is 44.4 Å². The fourth-order valence-electron chi connectivity index (χ4n) is 2.86. The lowest BCUT2D eigenvalue weighted by atomic mass is 9.95. The molecule has 1 saturated heterocycles. The highest BCUT2D eigenvalue weighted by atomic mass is 16.5. The van der Waals surface area contributed by atoms with Gasteiger partial charge in [-0.05, 0) is 24.8 Å². The van der Waals surface area contributed by atoms with Gasteiger partial charge in [0, 0.05) is 6.54 Å². The monoisotopic (exact) mass is 334 g/mol. The van der Waals surface area contributed by atoms with Crippen molar-refractivity contribution in [2.24, 2.45) is 5.73 Å². The molecule has 0 saturated carbocycles. The summed E-state index contributed by atoms with van der Waals surface area (Å²) in [5.74, 6) is -2.84. The van der Waals surface area contributed by atoms with Gasteiger partial charge in [0.25, 0.3) is 0 Å². The molecule has 0 aliphatic carbocycles. The molecule has 1 aliphatic rings. The second-order valence-electron chi connectivity index (χ2n) is 5.84. The van der Waals surface area contributed by atoms with Crippen LogP contribution in [0.3, 0.4) is 0 Å². The summed E-state index contributed by atoms with van der Waals surface area (Å²) >= 11 is 0. The molecule has 1 aromatic rings. The van der Waals surface area contributed by atoms with Gasteiger partial charge in [-0.15, -0.1) is 0 Å². The first-order valence-electron chi connectivity index (χ1n) is 7.95. The van der Waals surface area contributed by atoms with Gasteiger partial charge in [-0.1, -0.05) is 37.3 Å². The minimum Gasteiger partial charge on any atom is -0.479 e. The molecular formula is C17H22N2O5. The molecule has 1 fully saturated rings. The number of carboxylic acid groups (broad SMARTS) is 1. The normalized spacial score (nSPS) is 21.3. The average molecular weight is 334 g/mol. The van der Waals surface area contributed by atoms with E-state index in [9.17, 15) is 19.5 Å². The Morgan fingerprint density at radius 2 is 2.00 bits per heavy atom. The molecule has 130 valence electrons. The summed E-state index contributed by atoms with van der Waals surface area (Å²) in [6.07, 6.45) is 0.803. The summed E-state index contributed by atoms with van der Waals surface area (Å²) in [6.45, 7) is 1.87. The van der Waals surface area contributed by atoms with Gasteiger partial charge < -0.3 is 20.5 Å². The Morgan fingerprint density at radius 1 is 1.33 bits per heavy atom. The van der Waals surface area contributed by atoms with E-state index in [1.54, 1.807) is 31.2 Å². The molecule has 1 aliphatic heterocycles. The number of hydrogen-bond donors (Lipinski definition) is 2. The molecule has 0 bridgehead atoms. The molecule has 1 unspecified atom stereocenters. The van der Waals surface area contributed by atoms with Crippen molar-refractivity contribution >= 4 is 17.8 Å². The van der Waals surface area contributed by atoms with Crippen LogP contribution in [0.25, 0.3) is 0 Å². The third-order valence-electron chi connectivity index (χ3n) is 4.31. The van der Waals surface area contributed by atoms with Crippen molar-refractivity contribution in [2.75, 3.05) is 6.54 Å². The van der Waals surface area contributed by atoms with Crippen LogP contribution in [0.5, 0.6) is 0 Å². The number of carbonyl (C=O) groups is 3. The van der Waals surface area contributed by atoms with Gasteiger partial charge in [-0.2, -0.15) is 0 Å². The first-order valence-corrected chi connectivity index (χ1v) is 7.95. The Morgan fingerprint density at radius 3 is 2.58 bits per heavy atom. The Hall–Kier alpha value is -2.41. The number of carbonyl (C=O) groups excluding carboxylic acids is 2. The first-order chi connectivity index (χ1) is 11.4. The van der Waals surface area contributed by atoms with Gasteiger partial charge in [-0.25, -0.2) is 9.59 Å². The van der Waals surface area contributed by atoms with Crippen LogP contribution in [0.4, 0.5) is 0 Å². The first kappa shape index (κ1) is 17.9. The van der Waals surface area contributed by atoms with Crippen LogP contribution in [-0.4, -0.2) is 46.0 Å². The van der Waals surface area contributed by atoms with Crippen LogP contribution in [0, 0.1) is 0 Å². The second kappa shape index (κ2) is 7.44. The maximum Gasteiger partial charge on any atom is 0.344 e. The highest BCUT2D eigenvalue weighted by molar-refractivity contribution is 6.08. The summed E-state index contributed by atoms with van der Waals surface area (Å²) in [5.41, 5.74) is 4.50. The predicted molar refractivity (Wildman–Crippen MR) is 85.8 cm³/mol. The number of likely N-dealkylation sites (tertiary alicyclic amines) is 1. The summed E-state index contributed by atoms with van der Waals surface area (Å²) in [4.78, 5) is 37.9. The third kappa shape index (κ3) is 3.26. The van der Waals surface area contributed by atoms with Crippen molar-refractivity contribution in [3.05, 3.63) is 35.9 Å². The number of benzene rings is 1. The van der Waals surface area contributed by atoms with E-state index >= 15 is 0 Å². The Kier molecular flexibility index (Phi) is 5.56. The van der Waals surface area contributed by atoms with E-state index < -0.39 is 29.4 Å². The minimum atomic E-state index is -1.99. The number of aliphatic carboxylic acids is 1. The van der Waals surface area contributed by atoms with Crippen molar-refractivity contribution < 1.29 is 24.2 Å². The summed E-state index contributed by atoms with van der Waals surface area (Å²) in [5, 5.41) is 9.67. The minimum absolute atomic E-state index is 0.0259. The molecule has 1 heterocycles. The maximum atomic E-state index is 12.6. The average Bonchev–Trinajstić information content (AvgIpc) is 3.05. The quantitative estimate of drug-likeness (QED) is 0.591. The van der Waals surface area contributed by atoms with Crippen LogP contribution in [0.15, 0.2) is 30.3 Å². The summed E-state index contributed by atoms with van der Waals surface area (Å²) in [6, 6.07) is 8.12. The standard InChI is InChI=1S/C17H22N2O5/c1-2-13(18)14(20)19-10-6-9-17(19,15(21)22)16(23)24-11-12-7-4-3-5-8-12/h3-5,7-8,13H,2,6,9-11,18H2,1H3,(H,21,22)/t13?,17-/m0/s1. The Balaban J connectivity index is 2.21. The second-order valence-corrected chi connectivity index (χ2v) is 5.84. The van der Waals surface area contributed by atoms with Gasteiger partial charge >= 0.3 is 11.9 Å². The lowest BCUT2D eigenvalue weighted by molar-refractivity contribution is -0.174. The topological polar surface area (TPSA) is 110 Å². The molecule has 0 spiro atoms. The SMILES string of the molecule is CCC(N)C(=O)N1CCC[C@]1(C(=O)O)C(=O)OCc1ccccc1. The number of hydrogen-bond acceptors (Lipinski definition) is 5. The van der Waals surface area contributed by atoms with E-state index in [4.69, 9.17) is 10.5 Å². The van der Waals surface area contributed by atoms with Crippen LogP contribution < -0.4 is 5.73 Å². The molecule has 7 nitrogen and oxygen atoms in total. The number of amides is 1. The van der Waals surface area contributed by atoms with Crippen LogP contribution in [0.1, 0.15) is 31.7 Å². The fraction of sp³-hybridized carbons (Fsp3) is 0.471. The van der Waals surface area contributed by atoms with E-state index in [1.807, 2.05) is 6.07 Å². The molecule has 2 rings (SSSR count). The number of rotatable bonds is 6. The van der Waals surface area contributed by atoms with Crippen molar-refractivity contribution in [3.63, 3.8) is 0 Å². The van der Waals surface area contributed by atoms with Gasteiger partial charge in [0.15, 0.2) is 0 Å². The lowest BCUT2D eigenvalue weighted by Crippen LogP contribution is -2.61. The molecule has 0 aromatic heterocycles. The molecule has 1 amide bonds. The maximum absolute atomic E-state index is 12.6. The van der Waals surface area contributed by atoms with E-state index in [1.165, 1.54) is 0 Å². The highest BCUT2D eigenvalue weighted by Gasteiger charge is 2.57. The van der Waals surface area contributed by atoms with Crippen LogP contribution >= 0.6 is 0 Å². The van der Waals surface area contributed by atoms with E-state index in [0.29, 0.717) is 12.8 Å². The molecule has 0 radical (unpaired) electrons. The number of ether oxygens (including phenoxy) is 1. The molecule has 7 heteroatoms. The molecule has 24 heavy (non-hydrogen) atoms. The largest absolute Gasteiger partial charge is 0.479 e. The zero-order chi connectivity index (χ0) is 17.7. The Labute approximate surface area is 140 Å². The van der Waals surface area contributed by atoms with Crippen molar-refractivity contribution in [3.8, 4) is 0 Å². The Bertz CT molecular complexity index is 619.